The van der Waals surface area contributed by atoms with Gasteiger partial charge < -0.3 is 29.2 Å². The molecule has 2 aliphatic rings. The Morgan fingerprint density at radius 2 is 1.97 bits per heavy atom. The molecule has 0 saturated carbocycles. The monoisotopic (exact) mass is 533 g/mol. The van der Waals surface area contributed by atoms with Crippen LogP contribution in [0.1, 0.15) is 37.7 Å². The Morgan fingerprint density at radius 1 is 1.17 bits per heavy atom. The molecule has 2 heterocycles. The van der Waals surface area contributed by atoms with Crippen LogP contribution in [0.2, 0.25) is 0 Å². The maximum atomic E-state index is 6.13. The number of rotatable bonds is 7. The van der Waals surface area contributed by atoms with Gasteiger partial charge in [0.2, 0.25) is 0 Å². The van der Waals surface area contributed by atoms with E-state index in [1.54, 1.807) is 14.2 Å². The molecule has 0 aliphatic carbocycles. The fraction of sp³-hybridized carbons (Fsp3) is 0.682. The maximum absolute atomic E-state index is 6.13. The van der Waals surface area contributed by atoms with Crippen LogP contribution in [-0.4, -0.2) is 70.6 Å². The Morgan fingerprint density at radius 3 is 2.60 bits per heavy atom. The van der Waals surface area contributed by atoms with Crippen LogP contribution in [0.4, 0.5) is 0 Å². The van der Waals surface area contributed by atoms with Crippen molar-refractivity contribution in [1.29, 1.82) is 0 Å². The number of methoxy groups -OCH3 is 2. The van der Waals surface area contributed by atoms with Crippen LogP contribution in [0, 0.1) is 0 Å². The van der Waals surface area contributed by atoms with Gasteiger partial charge in [-0.15, -0.1) is 24.0 Å². The molecule has 1 atom stereocenters. The highest BCUT2D eigenvalue weighted by atomic mass is 127. The van der Waals surface area contributed by atoms with Gasteiger partial charge in [0, 0.05) is 38.9 Å². The highest BCUT2D eigenvalue weighted by molar-refractivity contribution is 14.0. The van der Waals surface area contributed by atoms with Crippen molar-refractivity contribution in [1.82, 2.24) is 10.2 Å². The number of halogens is 1. The molecule has 1 N–H and O–H groups in total. The molecule has 170 valence electrons. The number of benzene rings is 1. The summed E-state index contributed by atoms with van der Waals surface area (Å²) in [4.78, 5) is 6.76. The van der Waals surface area contributed by atoms with Gasteiger partial charge >= 0.3 is 0 Å². The summed E-state index contributed by atoms with van der Waals surface area (Å²) in [6.45, 7) is 4.11. The molecule has 0 amide bonds. The number of aliphatic imine (C=N–C) groups is 1. The van der Waals surface area contributed by atoms with E-state index in [4.69, 9.17) is 18.9 Å². The molecule has 2 saturated heterocycles. The first-order valence-corrected chi connectivity index (χ1v) is 10.6. The standard InChI is InChI=1S/C22H35N3O4.HI/c1-23-22(24-15-17-7-6-9-20(26-2)21(17)27-3)25-12-10-18(11-13-25)29-16-19-8-4-5-14-28-19;/h6-7,9,18-19H,4-5,8,10-16H2,1-3H3,(H,23,24);1H. The van der Waals surface area contributed by atoms with Crippen LogP contribution in [0.3, 0.4) is 0 Å². The minimum absolute atomic E-state index is 0. The first-order valence-electron chi connectivity index (χ1n) is 10.6. The first kappa shape index (κ1) is 25.0. The van der Waals surface area contributed by atoms with Crippen molar-refractivity contribution in [2.24, 2.45) is 4.99 Å². The first-order chi connectivity index (χ1) is 14.2. The van der Waals surface area contributed by atoms with Crippen LogP contribution < -0.4 is 14.8 Å². The predicted molar refractivity (Wildman–Crippen MR) is 129 cm³/mol. The molecule has 0 aromatic heterocycles. The number of nitrogens with one attached hydrogen (secondary N) is 1. The Hall–Kier alpha value is -1.26. The third-order valence-corrected chi connectivity index (χ3v) is 5.67. The number of hydrogen-bond acceptors (Lipinski definition) is 5. The van der Waals surface area contributed by atoms with E-state index >= 15 is 0 Å². The van der Waals surface area contributed by atoms with E-state index in [2.05, 4.69) is 15.2 Å². The minimum Gasteiger partial charge on any atom is -0.493 e. The smallest absolute Gasteiger partial charge is 0.193 e. The van der Waals surface area contributed by atoms with Gasteiger partial charge in [-0.2, -0.15) is 0 Å². The van der Waals surface area contributed by atoms with Crippen LogP contribution in [0.15, 0.2) is 23.2 Å². The highest BCUT2D eigenvalue weighted by Crippen LogP contribution is 2.30. The highest BCUT2D eigenvalue weighted by Gasteiger charge is 2.24. The van der Waals surface area contributed by atoms with Crippen molar-refractivity contribution >= 4 is 29.9 Å². The SMILES string of the molecule is CN=C(NCc1cccc(OC)c1OC)N1CCC(OCC2CCCCO2)CC1.I. The summed E-state index contributed by atoms with van der Waals surface area (Å²) in [5.41, 5.74) is 1.04. The van der Waals surface area contributed by atoms with Gasteiger partial charge in [0.15, 0.2) is 17.5 Å². The van der Waals surface area contributed by atoms with Crippen LogP contribution >= 0.6 is 24.0 Å². The van der Waals surface area contributed by atoms with Crippen molar-refractivity contribution in [2.75, 3.05) is 47.6 Å². The lowest BCUT2D eigenvalue weighted by Gasteiger charge is -2.35. The zero-order valence-electron chi connectivity index (χ0n) is 18.4. The Balaban J connectivity index is 0.00000320. The summed E-state index contributed by atoms with van der Waals surface area (Å²) in [5.74, 6) is 2.40. The van der Waals surface area contributed by atoms with Crippen molar-refractivity contribution in [3.8, 4) is 11.5 Å². The zero-order valence-corrected chi connectivity index (χ0v) is 20.7. The number of likely N-dealkylation sites (tertiary alicyclic amines) is 1. The fourth-order valence-corrected chi connectivity index (χ4v) is 4.02. The second-order valence-corrected chi connectivity index (χ2v) is 7.56. The number of guanidine groups is 1. The van der Waals surface area contributed by atoms with Gasteiger partial charge in [-0.25, -0.2) is 0 Å². The van der Waals surface area contributed by atoms with Crippen LogP contribution in [0.25, 0.3) is 0 Å². The van der Waals surface area contributed by atoms with Crippen molar-refractivity contribution in [2.45, 2.75) is 50.9 Å². The maximum Gasteiger partial charge on any atom is 0.193 e. The van der Waals surface area contributed by atoms with E-state index in [-0.39, 0.29) is 30.1 Å². The van der Waals surface area contributed by atoms with E-state index in [9.17, 15) is 0 Å². The molecule has 3 rings (SSSR count). The lowest BCUT2D eigenvalue weighted by Crippen LogP contribution is -2.47. The average molecular weight is 533 g/mol. The molecule has 30 heavy (non-hydrogen) atoms. The summed E-state index contributed by atoms with van der Waals surface area (Å²) in [6, 6.07) is 5.91. The van der Waals surface area contributed by atoms with Crippen LogP contribution in [-0.2, 0) is 16.0 Å². The Kier molecular flexibility index (Phi) is 11.0. The molecule has 7 nitrogen and oxygen atoms in total. The second kappa shape index (κ2) is 13.2. The topological polar surface area (TPSA) is 64.6 Å². The molecule has 1 aromatic carbocycles. The van der Waals surface area contributed by atoms with Crippen molar-refractivity contribution in [3.63, 3.8) is 0 Å². The number of piperidine rings is 1. The van der Waals surface area contributed by atoms with E-state index in [0.717, 1.165) is 68.6 Å². The number of hydrogen-bond donors (Lipinski definition) is 1. The van der Waals surface area contributed by atoms with E-state index in [1.807, 2.05) is 25.2 Å². The summed E-state index contributed by atoms with van der Waals surface area (Å²) in [7, 11) is 5.15. The molecule has 2 aliphatic heterocycles. The Labute approximate surface area is 197 Å². The van der Waals surface area contributed by atoms with Crippen LogP contribution in [0.5, 0.6) is 11.5 Å². The average Bonchev–Trinajstić information content (AvgIpc) is 2.79. The molecular weight excluding hydrogens is 497 g/mol. The van der Waals surface area contributed by atoms with Gasteiger partial charge in [-0.1, -0.05) is 12.1 Å². The molecule has 1 unspecified atom stereocenters. The normalized spacial score (nSPS) is 20.4. The number of para-hydroxylation sites is 1. The lowest BCUT2D eigenvalue weighted by atomic mass is 10.1. The number of ether oxygens (including phenoxy) is 4. The lowest BCUT2D eigenvalue weighted by molar-refractivity contribution is -0.0721. The zero-order chi connectivity index (χ0) is 20.5. The van der Waals surface area contributed by atoms with E-state index in [1.165, 1.54) is 12.8 Å². The van der Waals surface area contributed by atoms with E-state index < -0.39 is 0 Å². The van der Waals surface area contributed by atoms with Gasteiger partial charge in [0.05, 0.1) is 33.0 Å². The summed E-state index contributed by atoms with van der Waals surface area (Å²) < 4.78 is 22.8. The summed E-state index contributed by atoms with van der Waals surface area (Å²) in [6.07, 6.45) is 6.19. The van der Waals surface area contributed by atoms with Gasteiger partial charge in [-0.05, 0) is 38.2 Å². The third kappa shape index (κ3) is 6.88. The molecule has 0 bridgehead atoms. The largest absolute Gasteiger partial charge is 0.493 e. The van der Waals surface area contributed by atoms with Gasteiger partial charge in [0.1, 0.15) is 0 Å². The fourth-order valence-electron chi connectivity index (χ4n) is 4.02. The number of nitrogens with zero attached hydrogens (tertiary/aromatic N) is 2. The quantitative estimate of drug-likeness (QED) is 0.329. The van der Waals surface area contributed by atoms with Crippen molar-refractivity contribution < 1.29 is 18.9 Å². The van der Waals surface area contributed by atoms with Gasteiger partial charge in [0.25, 0.3) is 0 Å². The minimum atomic E-state index is 0. The molecule has 0 radical (unpaired) electrons. The third-order valence-electron chi connectivity index (χ3n) is 5.67. The molecular formula is C22H36IN3O4. The predicted octanol–water partition coefficient (Wildman–Crippen LogP) is 3.45. The van der Waals surface area contributed by atoms with E-state index in [0.29, 0.717) is 12.6 Å². The second-order valence-electron chi connectivity index (χ2n) is 7.56. The molecule has 2 fully saturated rings. The Bertz CT molecular complexity index is 660. The molecule has 0 spiro atoms. The molecule has 1 aromatic rings. The summed E-state index contributed by atoms with van der Waals surface area (Å²) in [5, 5.41) is 3.46. The molecule has 8 heteroatoms. The van der Waals surface area contributed by atoms with Gasteiger partial charge in [-0.3, -0.25) is 4.99 Å². The summed E-state index contributed by atoms with van der Waals surface area (Å²) >= 11 is 0. The van der Waals surface area contributed by atoms with Crippen molar-refractivity contribution in [3.05, 3.63) is 23.8 Å².